The van der Waals surface area contributed by atoms with Gasteiger partial charge in [0, 0.05) is 164 Å². The van der Waals surface area contributed by atoms with Gasteiger partial charge in [0.25, 0.3) is 0 Å². The highest BCUT2D eigenvalue weighted by molar-refractivity contribution is 7.93. The summed E-state index contributed by atoms with van der Waals surface area (Å²) in [5, 5.41) is 16.0. The number of carboxylic acids is 1. The number of piperidine rings is 15. The lowest BCUT2D eigenvalue weighted by molar-refractivity contribution is -0.841. The number of nitrogens with one attached hydrogen (secondary N) is 1. The molecule has 4 aromatic carbocycles. The van der Waals surface area contributed by atoms with Gasteiger partial charge < -0.3 is 53.5 Å². The molecule has 147 heavy (non-hydrogen) atoms. The molecule has 9 aromatic rings. The molecule has 10 bridgehead atoms. The van der Waals surface area contributed by atoms with Crippen molar-refractivity contribution in [3.8, 4) is 0 Å². The number of rotatable bonds is 15. The van der Waals surface area contributed by atoms with Gasteiger partial charge in [-0.25, -0.2) is 0 Å². The van der Waals surface area contributed by atoms with Crippen LogP contribution in [0.5, 0.6) is 0 Å². The van der Waals surface area contributed by atoms with Crippen LogP contribution in [-0.2, 0) is 56.1 Å². The molecule has 0 spiro atoms. The molecular formula is C116H138B2Cl6FN15O6S+2. The molecule has 25 heterocycles. The smallest absolute Gasteiger partial charge is 0.481 e. The largest absolute Gasteiger partial charge is 0.481 e. The van der Waals surface area contributed by atoms with E-state index in [-0.39, 0.29) is 78.4 Å². The Bertz CT molecular complexity index is 5730. The van der Waals surface area contributed by atoms with E-state index in [1.807, 2.05) is 152 Å². The highest BCUT2D eigenvalue weighted by atomic mass is 35.5. The fourth-order valence-electron chi connectivity index (χ4n) is 27.0. The van der Waals surface area contributed by atoms with Gasteiger partial charge in [-0.3, -0.25) is 48.9 Å². The predicted molar refractivity (Wildman–Crippen MR) is 586 cm³/mol. The quantitative estimate of drug-likeness (QED) is 0.0916. The Labute approximate surface area is 905 Å². The first-order chi connectivity index (χ1) is 70.9. The molecule has 772 valence electrons. The molecule has 21 aliphatic rings. The average Bonchev–Trinajstić information content (AvgIpc) is 0.770. The SMILES string of the molecule is CSF.Cl.Clc1ccc(C2NCCc3cccnc32)cc1.O=C(C[C@@H]1CN2CCC1CC2)N1CCc2cccnc2C1c1ccc(Cl)cc1.O=C(C[C@@H]1CN2CCC1CC2)N1CCc2cccnc2[C@@H]1c1ccc(Cl)cc1.O=C(C[C@@H]1CN2CCC1CC2)N1CCc2cccnc2[C@H]1c1ccc(Cl)cc1.[B][N+]12CCC(CC1)[C@H](CC(=O)N1CCc3cccnc3C1C1=CC=C(Cl)CC1)C2.[B][N+]12CCC(CC1)[C@H](CC(=O)O)C2. The molecule has 5 aromatic heterocycles. The Balaban J connectivity index is 0.000000117. The van der Waals surface area contributed by atoms with Crippen LogP contribution in [0.3, 0.4) is 0 Å². The minimum Gasteiger partial charge on any atom is -0.481 e. The topological polar surface area (TPSA) is 205 Å². The van der Waals surface area contributed by atoms with Crippen molar-refractivity contribution in [3.05, 3.63) is 310 Å². The number of benzene rings is 4. The Hall–Kier alpha value is -8.63. The van der Waals surface area contributed by atoms with Crippen molar-refractivity contribution < 1.29 is 41.8 Å². The molecular weight excluding hydrogens is 1980 g/mol. The second kappa shape index (κ2) is 49.9. The van der Waals surface area contributed by atoms with Gasteiger partial charge in [0.1, 0.15) is 0 Å². The summed E-state index contributed by atoms with van der Waals surface area (Å²) in [5.41, 5.74) is 17.3. The molecule has 30 rings (SSSR count). The number of carbonyl (C=O) groups excluding carboxylic acids is 4. The molecule has 10 atom stereocenters. The summed E-state index contributed by atoms with van der Waals surface area (Å²) < 4.78 is 11.5. The second-order valence-corrected chi connectivity index (χ2v) is 46.1. The van der Waals surface area contributed by atoms with Gasteiger partial charge in [-0.05, 0) is 336 Å². The summed E-state index contributed by atoms with van der Waals surface area (Å²) in [7, 11) is 12.6. The van der Waals surface area contributed by atoms with Crippen molar-refractivity contribution in [1.82, 2.24) is 64.5 Å². The van der Waals surface area contributed by atoms with Crippen LogP contribution in [0.2, 0.25) is 20.1 Å². The molecule has 20 aliphatic heterocycles. The summed E-state index contributed by atoms with van der Waals surface area (Å²) in [6, 6.07) is 52.1. The number of hydrogen-bond donors (Lipinski definition) is 2. The lowest BCUT2D eigenvalue weighted by atomic mass is 9.73. The summed E-state index contributed by atoms with van der Waals surface area (Å²) in [6.45, 7) is 20.6. The summed E-state index contributed by atoms with van der Waals surface area (Å²) in [6.07, 6.45) is 35.9. The fourth-order valence-corrected chi connectivity index (χ4v) is 27.7. The number of aliphatic carboxylic acids is 1. The maximum Gasteiger partial charge on any atom is 0.481 e. The van der Waals surface area contributed by atoms with Crippen LogP contribution in [0.25, 0.3) is 0 Å². The number of fused-ring (bicyclic) bond motifs is 20. The average molecular weight is 2120 g/mol. The summed E-state index contributed by atoms with van der Waals surface area (Å²) in [5.74, 6) is 6.10. The Morgan fingerprint density at radius 2 is 0.653 bits per heavy atom. The first-order valence-electron chi connectivity index (χ1n) is 53.4. The van der Waals surface area contributed by atoms with E-state index in [2.05, 4.69) is 108 Å². The van der Waals surface area contributed by atoms with Gasteiger partial charge in [0.05, 0.1) is 104 Å². The van der Waals surface area contributed by atoms with Gasteiger partial charge in [-0.15, -0.1) is 12.4 Å². The standard InChI is InChI=1S/C23H28BClN3O.3C23H26ClN3O.C14H13ClN2.C9H15BNO2.CH3FS.ClH/c24-28-12-8-16(9-13-28)19(15-28)14-21(29)27-11-7-17-2-1-10-26-22(17)23(27)18-3-5-20(25)6-4-18;3*24-20-5-3-18(4-6-20)23-22-17(2-1-10-25-22)9-13-27(23)21(28)14-19-15-26-11-7-16(19)8-12-26;15-12-5-3-11(4-6-12)14-13-10(7-9-17-14)2-1-8-16-13;10-11-3-1-7(2-4-11)8(6-11)5-9(12)13;1-3-2;/h1-3,5,10,16,19,23H,4,6-9,11-15H2;3*1-6,10,16,19,23H,7-9,11-15H2;1-6,8,14,17H,7,9H2;7-8H,1-6H2,(H,12,13);1H3;1H/q+1;;;;;+1;;/t16?,19-,23?,28?;19-,23?;19-,23+;19-,23-;;7?,8-,11?;;/m1111.1../s1. The Kier molecular flexibility index (Phi) is 36.7. The molecule has 21 nitrogen and oxygen atoms in total. The van der Waals surface area contributed by atoms with Gasteiger partial charge in [0.2, 0.25) is 23.6 Å². The molecule has 31 heteroatoms. The number of nitrogens with zero attached hydrogens (tertiary/aromatic N) is 14. The number of carboxylic acid groups (broad SMARTS) is 1. The molecule has 15 saturated heterocycles. The number of carbonyl (C=O) groups is 5. The third kappa shape index (κ3) is 26.1. The number of pyridine rings is 5. The van der Waals surface area contributed by atoms with Crippen LogP contribution < -0.4 is 5.32 Å². The number of hydrogen-bond acceptors (Lipinski definition) is 15. The van der Waals surface area contributed by atoms with Crippen LogP contribution in [0.4, 0.5) is 3.89 Å². The summed E-state index contributed by atoms with van der Waals surface area (Å²) in [4.78, 5) is 104. The van der Waals surface area contributed by atoms with E-state index >= 15 is 0 Å². The van der Waals surface area contributed by atoms with Crippen molar-refractivity contribution in [1.29, 1.82) is 0 Å². The predicted octanol–water partition coefficient (Wildman–Crippen LogP) is 20.5. The van der Waals surface area contributed by atoms with Gasteiger partial charge in [-0.2, -0.15) is 3.89 Å². The number of aromatic nitrogens is 5. The van der Waals surface area contributed by atoms with Crippen molar-refractivity contribution in [3.63, 3.8) is 0 Å². The minimum absolute atomic E-state index is 0. The van der Waals surface area contributed by atoms with Crippen LogP contribution >= 0.6 is 82.6 Å². The molecule has 2 N–H and O–H groups in total. The van der Waals surface area contributed by atoms with Crippen LogP contribution in [0.1, 0.15) is 218 Å². The first-order valence-corrected chi connectivity index (χ1v) is 56.5. The third-order valence-corrected chi connectivity index (χ3v) is 36.1. The van der Waals surface area contributed by atoms with Crippen molar-refractivity contribution in [2.75, 3.05) is 137 Å². The van der Waals surface area contributed by atoms with Gasteiger partial charge >= 0.3 is 21.9 Å². The normalized spacial score (nSPS) is 29.2. The number of amides is 4. The minimum atomic E-state index is -0.676. The van der Waals surface area contributed by atoms with E-state index in [0.29, 0.717) is 97.4 Å². The van der Waals surface area contributed by atoms with E-state index in [1.54, 1.807) is 0 Å². The van der Waals surface area contributed by atoms with E-state index < -0.39 is 5.97 Å². The van der Waals surface area contributed by atoms with E-state index in [1.165, 1.54) is 123 Å². The molecule has 0 saturated carbocycles. The van der Waals surface area contributed by atoms with Crippen LogP contribution in [-0.4, -0.2) is 256 Å². The van der Waals surface area contributed by atoms with E-state index in [0.717, 1.165) is 235 Å². The number of halogens is 7. The van der Waals surface area contributed by atoms with Crippen molar-refractivity contribution in [2.24, 2.45) is 59.2 Å². The van der Waals surface area contributed by atoms with Gasteiger partial charge in [0.15, 0.2) is 0 Å². The summed E-state index contributed by atoms with van der Waals surface area (Å²) >= 11 is 30.7. The highest BCUT2D eigenvalue weighted by Crippen LogP contribution is 2.48. The molecule has 1 aliphatic carbocycles. The second-order valence-electron chi connectivity index (χ2n) is 43.6. The fraction of sp³-hybridized carbons (Fsp3) is 0.500. The van der Waals surface area contributed by atoms with Crippen molar-refractivity contribution in [2.45, 2.75) is 171 Å². The Morgan fingerprint density at radius 3 is 0.952 bits per heavy atom. The lowest BCUT2D eigenvalue weighted by Crippen LogP contribution is -2.60. The monoisotopic (exact) mass is 2120 g/mol. The number of allylic oxidation sites excluding steroid dienone is 3. The van der Waals surface area contributed by atoms with E-state index in [9.17, 15) is 27.9 Å². The molecule has 4 amide bonds. The first kappa shape index (κ1) is 108. The third-order valence-electron chi connectivity index (χ3n) is 34.8. The molecule has 4 radical (unpaired) electrons. The zero-order chi connectivity index (χ0) is 101. The Morgan fingerprint density at radius 1 is 0.367 bits per heavy atom. The zero-order valence-electron chi connectivity index (χ0n) is 84.4. The highest BCUT2D eigenvalue weighted by Gasteiger charge is 2.49. The zero-order valence-corrected chi connectivity index (χ0v) is 89.8. The molecule has 15 fully saturated rings. The van der Waals surface area contributed by atoms with Crippen LogP contribution in [0.15, 0.2) is 211 Å². The van der Waals surface area contributed by atoms with Crippen molar-refractivity contribution >= 4 is 128 Å². The lowest BCUT2D eigenvalue weighted by Gasteiger charge is -2.52. The molecule has 3 unspecified atom stereocenters. The maximum atomic E-state index is 13.6. The van der Waals surface area contributed by atoms with Crippen LogP contribution in [0, 0.1) is 59.2 Å². The number of quaternary nitrogens is 2. The van der Waals surface area contributed by atoms with E-state index in [4.69, 9.17) is 84.1 Å². The van der Waals surface area contributed by atoms with Gasteiger partial charge in [-0.1, -0.05) is 143 Å². The maximum absolute atomic E-state index is 13.6.